The van der Waals surface area contributed by atoms with Crippen molar-refractivity contribution in [3.63, 3.8) is 0 Å². The van der Waals surface area contributed by atoms with E-state index in [-0.39, 0.29) is 18.1 Å². The van der Waals surface area contributed by atoms with E-state index in [1.54, 1.807) is 31.2 Å². The van der Waals surface area contributed by atoms with Gasteiger partial charge in [-0.2, -0.15) is 0 Å². The van der Waals surface area contributed by atoms with Gasteiger partial charge in [0, 0.05) is 12.1 Å². The van der Waals surface area contributed by atoms with Gasteiger partial charge in [-0.15, -0.1) is 0 Å². The fraction of sp³-hybridized carbons (Fsp3) is 0.364. The fourth-order valence-electron chi connectivity index (χ4n) is 3.21. The van der Waals surface area contributed by atoms with Gasteiger partial charge in [0.25, 0.3) is 0 Å². The van der Waals surface area contributed by atoms with Crippen molar-refractivity contribution in [1.29, 1.82) is 0 Å². The molecule has 2 aromatic rings. The largest absolute Gasteiger partial charge is 0.482 e. The number of nitrogens with zero attached hydrogens (tertiary/aromatic N) is 1. The van der Waals surface area contributed by atoms with Crippen molar-refractivity contribution >= 4 is 27.5 Å². The Bertz CT molecular complexity index is 1080. The predicted molar refractivity (Wildman–Crippen MR) is 114 cm³/mol. The maximum Gasteiger partial charge on any atom is 0.344 e. The second-order valence-corrected chi connectivity index (χ2v) is 9.37. The first kappa shape index (κ1) is 21.8. The lowest BCUT2D eigenvalue weighted by molar-refractivity contribution is -0.144. The summed E-state index contributed by atoms with van der Waals surface area (Å²) in [6.07, 6.45) is 0.541. The molecule has 0 amide bonds. The number of esters is 1. The van der Waals surface area contributed by atoms with E-state index in [1.165, 1.54) is 4.31 Å². The quantitative estimate of drug-likeness (QED) is 0.472. The van der Waals surface area contributed by atoms with Crippen LogP contribution in [-0.4, -0.2) is 45.7 Å². The third-order valence-corrected chi connectivity index (χ3v) is 6.93. The molecule has 0 fully saturated rings. The average molecular weight is 432 g/mol. The number of anilines is 1. The Kier molecular flexibility index (Phi) is 6.45. The van der Waals surface area contributed by atoms with Crippen LogP contribution in [0.2, 0.25) is 0 Å². The van der Waals surface area contributed by atoms with Crippen molar-refractivity contribution in [2.24, 2.45) is 0 Å². The van der Waals surface area contributed by atoms with Crippen LogP contribution in [-0.2, 0) is 26.0 Å². The zero-order valence-electron chi connectivity index (χ0n) is 17.3. The zero-order chi connectivity index (χ0) is 21.9. The van der Waals surface area contributed by atoms with Gasteiger partial charge in [0.05, 0.1) is 11.4 Å². The molecule has 0 spiro atoms. The van der Waals surface area contributed by atoms with Crippen molar-refractivity contribution in [2.75, 3.05) is 29.8 Å². The fourth-order valence-corrected chi connectivity index (χ4v) is 4.37. The van der Waals surface area contributed by atoms with Gasteiger partial charge < -0.3 is 9.47 Å². The number of carbonyl (C=O) groups is 2. The van der Waals surface area contributed by atoms with Crippen LogP contribution in [0.15, 0.2) is 36.4 Å². The molecular weight excluding hydrogens is 406 g/mol. The minimum absolute atomic E-state index is 0.0211. The second kappa shape index (κ2) is 8.87. The van der Waals surface area contributed by atoms with E-state index in [0.29, 0.717) is 30.0 Å². The first-order valence-electron chi connectivity index (χ1n) is 9.73. The average Bonchev–Trinajstić information content (AvgIpc) is 3.17. The SMILES string of the molecule is CCS(=O)(=O)N1CCc2cc(C(=O)COC(=O)COc3ccc(C)c(C)c3)ccc21. The summed E-state index contributed by atoms with van der Waals surface area (Å²) in [7, 11) is -3.34. The molecule has 0 unspecified atom stereocenters. The number of sulfonamides is 1. The van der Waals surface area contributed by atoms with Crippen LogP contribution in [0.4, 0.5) is 5.69 Å². The van der Waals surface area contributed by atoms with E-state index in [1.807, 2.05) is 26.0 Å². The van der Waals surface area contributed by atoms with Gasteiger partial charge in [0.2, 0.25) is 10.0 Å². The highest BCUT2D eigenvalue weighted by atomic mass is 32.2. The summed E-state index contributed by atoms with van der Waals surface area (Å²) in [6.45, 7) is 5.22. The number of carbonyl (C=O) groups excluding carboxylic acids is 2. The van der Waals surface area contributed by atoms with Gasteiger partial charge in [0.15, 0.2) is 19.0 Å². The van der Waals surface area contributed by atoms with Crippen LogP contribution in [0.1, 0.15) is 34.0 Å². The van der Waals surface area contributed by atoms with Crippen molar-refractivity contribution in [2.45, 2.75) is 27.2 Å². The molecule has 2 aromatic carbocycles. The molecule has 0 bridgehead atoms. The number of Topliss-reactive ketones (excluding diaryl/α,β-unsaturated/α-hetero) is 1. The highest BCUT2D eigenvalue weighted by Gasteiger charge is 2.28. The Labute approximate surface area is 176 Å². The summed E-state index contributed by atoms with van der Waals surface area (Å²) in [5, 5.41) is 0. The number of benzene rings is 2. The van der Waals surface area contributed by atoms with Crippen molar-refractivity contribution < 1.29 is 27.5 Å². The Balaban J connectivity index is 1.55. The van der Waals surface area contributed by atoms with Gasteiger partial charge in [-0.3, -0.25) is 9.10 Å². The number of aryl methyl sites for hydroxylation is 2. The minimum Gasteiger partial charge on any atom is -0.482 e. The molecule has 0 aromatic heterocycles. The van der Waals surface area contributed by atoms with Crippen molar-refractivity contribution in [3.8, 4) is 5.75 Å². The molecule has 0 N–H and O–H groups in total. The lowest BCUT2D eigenvalue weighted by Crippen LogP contribution is -2.30. The number of ether oxygens (including phenoxy) is 2. The normalized spacial score (nSPS) is 13.1. The zero-order valence-corrected chi connectivity index (χ0v) is 18.1. The van der Waals surface area contributed by atoms with Gasteiger partial charge in [0.1, 0.15) is 5.75 Å². The van der Waals surface area contributed by atoms with Gasteiger partial charge in [-0.25, -0.2) is 13.2 Å². The molecule has 0 saturated heterocycles. The maximum atomic E-state index is 12.4. The van der Waals surface area contributed by atoms with E-state index in [9.17, 15) is 18.0 Å². The second-order valence-electron chi connectivity index (χ2n) is 7.18. The Morgan fingerprint density at radius 1 is 1.03 bits per heavy atom. The van der Waals surface area contributed by atoms with Crippen molar-refractivity contribution in [3.05, 3.63) is 58.7 Å². The van der Waals surface area contributed by atoms with E-state index in [0.717, 1.165) is 16.7 Å². The highest BCUT2D eigenvalue weighted by Crippen LogP contribution is 2.31. The molecule has 0 radical (unpaired) electrons. The van der Waals surface area contributed by atoms with E-state index < -0.39 is 22.6 Å². The van der Waals surface area contributed by atoms with Crippen LogP contribution in [0, 0.1) is 13.8 Å². The molecule has 1 aliphatic heterocycles. The molecule has 8 heteroatoms. The number of ketones is 1. The van der Waals surface area contributed by atoms with E-state index in [2.05, 4.69) is 0 Å². The van der Waals surface area contributed by atoms with Crippen LogP contribution in [0.5, 0.6) is 5.75 Å². The highest BCUT2D eigenvalue weighted by molar-refractivity contribution is 7.92. The number of hydrogen-bond donors (Lipinski definition) is 0. The first-order valence-corrected chi connectivity index (χ1v) is 11.3. The van der Waals surface area contributed by atoms with Crippen molar-refractivity contribution in [1.82, 2.24) is 0 Å². The topological polar surface area (TPSA) is 90.0 Å². The summed E-state index contributed by atoms with van der Waals surface area (Å²) in [6, 6.07) is 10.4. The van der Waals surface area contributed by atoms with Crippen LogP contribution < -0.4 is 9.04 Å². The standard InChI is InChI=1S/C22H25NO6S/c1-4-30(26,27)23-10-9-17-12-18(6-8-20(17)23)21(24)13-29-22(25)14-28-19-7-5-15(2)16(3)11-19/h5-8,11-12H,4,9-10,13-14H2,1-3H3. The third kappa shape index (κ3) is 4.81. The molecule has 160 valence electrons. The molecule has 0 aliphatic carbocycles. The molecule has 0 saturated carbocycles. The van der Waals surface area contributed by atoms with Gasteiger partial charge in [-0.1, -0.05) is 6.07 Å². The Hall–Kier alpha value is -2.87. The Morgan fingerprint density at radius 2 is 1.80 bits per heavy atom. The van der Waals surface area contributed by atoms with Crippen LogP contribution >= 0.6 is 0 Å². The monoisotopic (exact) mass is 431 g/mol. The maximum absolute atomic E-state index is 12.4. The molecular formula is C22H25NO6S. The summed E-state index contributed by atoms with van der Waals surface area (Å²) < 4.78 is 36.1. The Morgan fingerprint density at radius 3 is 2.50 bits per heavy atom. The number of hydrogen-bond acceptors (Lipinski definition) is 6. The van der Waals surface area contributed by atoms with E-state index >= 15 is 0 Å². The summed E-state index contributed by atoms with van der Waals surface area (Å²) in [5.74, 6) is -0.406. The van der Waals surface area contributed by atoms with E-state index in [4.69, 9.17) is 9.47 Å². The molecule has 3 rings (SSSR count). The summed E-state index contributed by atoms with van der Waals surface area (Å²) in [5.41, 5.74) is 3.96. The van der Waals surface area contributed by atoms with Gasteiger partial charge in [-0.05, 0) is 74.2 Å². The van der Waals surface area contributed by atoms with Gasteiger partial charge >= 0.3 is 5.97 Å². The van der Waals surface area contributed by atoms with Crippen LogP contribution in [0.25, 0.3) is 0 Å². The molecule has 1 heterocycles. The lowest BCUT2D eigenvalue weighted by Gasteiger charge is -2.18. The third-order valence-electron chi connectivity index (χ3n) is 5.15. The first-order chi connectivity index (χ1) is 14.2. The predicted octanol–water partition coefficient (Wildman–Crippen LogP) is 2.82. The lowest BCUT2D eigenvalue weighted by atomic mass is 10.1. The number of fused-ring (bicyclic) bond motifs is 1. The summed E-state index contributed by atoms with van der Waals surface area (Å²) >= 11 is 0. The molecule has 0 atom stereocenters. The molecule has 1 aliphatic rings. The number of rotatable bonds is 8. The summed E-state index contributed by atoms with van der Waals surface area (Å²) in [4.78, 5) is 24.3. The smallest absolute Gasteiger partial charge is 0.344 e. The molecule has 7 nitrogen and oxygen atoms in total. The van der Waals surface area contributed by atoms with Crippen LogP contribution in [0.3, 0.4) is 0 Å². The molecule has 30 heavy (non-hydrogen) atoms. The minimum atomic E-state index is -3.34.